The van der Waals surface area contributed by atoms with Crippen LogP contribution in [0, 0.1) is 3.57 Å². The number of thiocarbonyl (C=S) groups is 1. The molecule has 0 atom stereocenters. The number of rotatable bonds is 3. The first kappa shape index (κ1) is 13.6. The fourth-order valence-electron chi connectivity index (χ4n) is 1.49. The average Bonchev–Trinajstić information content (AvgIpc) is 2.32. The van der Waals surface area contributed by atoms with Gasteiger partial charge in [-0.2, -0.15) is 0 Å². The molecule has 0 unspecified atom stereocenters. The molecule has 2 rings (SSSR count). The molecule has 2 aromatic rings. The van der Waals surface area contributed by atoms with Gasteiger partial charge in [0.05, 0.1) is 5.02 Å². The minimum Gasteiger partial charge on any atom is -0.389 e. The van der Waals surface area contributed by atoms with E-state index in [-0.39, 0.29) is 0 Å². The van der Waals surface area contributed by atoms with Crippen LogP contribution in [-0.4, -0.2) is 4.99 Å². The summed E-state index contributed by atoms with van der Waals surface area (Å²) in [5.41, 5.74) is 8.17. The third kappa shape index (κ3) is 3.34. The third-order valence-electron chi connectivity index (χ3n) is 2.37. The molecule has 0 radical (unpaired) electrons. The normalized spacial score (nSPS) is 10.1. The summed E-state index contributed by atoms with van der Waals surface area (Å²) in [6.45, 7) is 0. The molecular weight excluding hydrogens is 379 g/mol. The van der Waals surface area contributed by atoms with Gasteiger partial charge in [0.1, 0.15) is 4.99 Å². The highest BCUT2D eigenvalue weighted by atomic mass is 127. The van der Waals surface area contributed by atoms with Crippen molar-refractivity contribution < 1.29 is 0 Å². The lowest BCUT2D eigenvalue weighted by Crippen LogP contribution is -2.09. The van der Waals surface area contributed by atoms with Gasteiger partial charge >= 0.3 is 0 Å². The van der Waals surface area contributed by atoms with Crippen molar-refractivity contribution in [3.05, 3.63) is 56.6 Å². The van der Waals surface area contributed by atoms with E-state index in [0.717, 1.165) is 11.4 Å². The fraction of sp³-hybridized carbons (Fsp3) is 0. The second-order valence-corrected chi connectivity index (χ2v) is 5.78. The minimum absolute atomic E-state index is 0.306. The minimum atomic E-state index is 0.306. The largest absolute Gasteiger partial charge is 0.389 e. The first-order chi connectivity index (χ1) is 8.56. The van der Waals surface area contributed by atoms with Crippen LogP contribution in [0.5, 0.6) is 0 Å². The van der Waals surface area contributed by atoms with E-state index in [9.17, 15) is 0 Å². The number of hydrogen-bond acceptors (Lipinski definition) is 2. The molecule has 0 aliphatic rings. The van der Waals surface area contributed by atoms with Gasteiger partial charge in [0.15, 0.2) is 0 Å². The molecule has 0 saturated carbocycles. The molecule has 0 aliphatic heterocycles. The Hall–Kier alpha value is -0.850. The molecule has 5 heteroatoms. The second-order valence-electron chi connectivity index (χ2n) is 3.69. The highest BCUT2D eigenvalue weighted by Gasteiger charge is 2.04. The highest BCUT2D eigenvalue weighted by Crippen LogP contribution is 2.24. The van der Waals surface area contributed by atoms with E-state index >= 15 is 0 Å². The maximum Gasteiger partial charge on any atom is 0.105 e. The van der Waals surface area contributed by atoms with Gasteiger partial charge in [-0.15, -0.1) is 0 Å². The number of anilines is 2. The first-order valence-corrected chi connectivity index (χ1v) is 7.05. The molecule has 0 amide bonds. The van der Waals surface area contributed by atoms with E-state index in [1.54, 1.807) is 0 Å². The molecule has 3 N–H and O–H groups in total. The standard InChI is InChI=1S/C13H10ClIN2S/c14-12-7-10(5-6-11(12)13(16)18)17-9-3-1-8(15)2-4-9/h1-7,17H,(H2,16,18). The van der Waals surface area contributed by atoms with Gasteiger partial charge in [-0.1, -0.05) is 23.8 Å². The van der Waals surface area contributed by atoms with Crippen LogP contribution in [0.2, 0.25) is 5.02 Å². The third-order valence-corrected chi connectivity index (χ3v) is 3.62. The summed E-state index contributed by atoms with van der Waals surface area (Å²) >= 11 is 13.3. The zero-order chi connectivity index (χ0) is 13.1. The van der Waals surface area contributed by atoms with E-state index in [0.29, 0.717) is 15.6 Å². The van der Waals surface area contributed by atoms with E-state index in [1.165, 1.54) is 3.57 Å². The van der Waals surface area contributed by atoms with Gasteiger partial charge in [0.2, 0.25) is 0 Å². The Morgan fingerprint density at radius 2 is 1.72 bits per heavy atom. The van der Waals surface area contributed by atoms with Crippen LogP contribution in [0.3, 0.4) is 0 Å². The topological polar surface area (TPSA) is 38.0 Å². The van der Waals surface area contributed by atoms with Crippen molar-refractivity contribution in [2.75, 3.05) is 5.32 Å². The Kier molecular flexibility index (Phi) is 4.42. The van der Waals surface area contributed by atoms with Crippen molar-refractivity contribution in [1.29, 1.82) is 0 Å². The summed E-state index contributed by atoms with van der Waals surface area (Å²) in [6, 6.07) is 13.6. The average molecular weight is 389 g/mol. The van der Waals surface area contributed by atoms with Gasteiger partial charge in [0.25, 0.3) is 0 Å². The van der Waals surface area contributed by atoms with Crippen molar-refractivity contribution in [1.82, 2.24) is 0 Å². The van der Waals surface area contributed by atoms with E-state index in [4.69, 9.17) is 29.6 Å². The van der Waals surface area contributed by atoms with E-state index in [2.05, 4.69) is 27.9 Å². The molecule has 0 aliphatic carbocycles. The molecule has 0 aromatic heterocycles. The monoisotopic (exact) mass is 388 g/mol. The van der Waals surface area contributed by atoms with Gasteiger partial charge in [-0.05, 0) is 65.1 Å². The number of hydrogen-bond donors (Lipinski definition) is 2. The van der Waals surface area contributed by atoms with Crippen molar-refractivity contribution in [3.8, 4) is 0 Å². The highest BCUT2D eigenvalue weighted by molar-refractivity contribution is 14.1. The van der Waals surface area contributed by atoms with Crippen LogP contribution in [-0.2, 0) is 0 Å². The van der Waals surface area contributed by atoms with Gasteiger partial charge in [0, 0.05) is 20.5 Å². The lowest BCUT2D eigenvalue weighted by Gasteiger charge is -2.09. The molecular formula is C13H10ClIN2S. The summed E-state index contributed by atoms with van der Waals surface area (Å²) in [4.78, 5) is 0.306. The summed E-state index contributed by atoms with van der Waals surface area (Å²) in [5, 5.41) is 3.82. The Bertz CT molecular complexity index is 584. The van der Waals surface area contributed by atoms with Gasteiger partial charge in [-0.25, -0.2) is 0 Å². The Morgan fingerprint density at radius 1 is 1.11 bits per heavy atom. The first-order valence-electron chi connectivity index (χ1n) is 5.18. The van der Waals surface area contributed by atoms with Crippen LogP contribution in [0.4, 0.5) is 11.4 Å². The van der Waals surface area contributed by atoms with Crippen molar-refractivity contribution >= 4 is 62.8 Å². The molecule has 0 heterocycles. The zero-order valence-corrected chi connectivity index (χ0v) is 13.0. The van der Waals surface area contributed by atoms with Crippen LogP contribution < -0.4 is 11.1 Å². The Balaban J connectivity index is 2.22. The van der Waals surface area contributed by atoms with Crippen LogP contribution >= 0.6 is 46.4 Å². The van der Waals surface area contributed by atoms with Gasteiger partial charge < -0.3 is 11.1 Å². The van der Waals surface area contributed by atoms with Crippen LogP contribution in [0.15, 0.2) is 42.5 Å². The van der Waals surface area contributed by atoms with Gasteiger partial charge in [-0.3, -0.25) is 0 Å². The predicted octanol–water partition coefficient (Wildman–Crippen LogP) is 4.32. The van der Waals surface area contributed by atoms with E-state index in [1.807, 2.05) is 42.5 Å². The molecule has 92 valence electrons. The number of benzene rings is 2. The molecule has 18 heavy (non-hydrogen) atoms. The lowest BCUT2D eigenvalue weighted by atomic mass is 10.2. The smallest absolute Gasteiger partial charge is 0.105 e. The quantitative estimate of drug-likeness (QED) is 0.607. The molecule has 2 nitrogen and oxygen atoms in total. The Morgan fingerprint density at radius 3 is 2.28 bits per heavy atom. The number of nitrogens with one attached hydrogen (secondary N) is 1. The van der Waals surface area contributed by atoms with Crippen molar-refractivity contribution in [3.63, 3.8) is 0 Å². The maximum atomic E-state index is 6.11. The second kappa shape index (κ2) is 5.86. The van der Waals surface area contributed by atoms with Crippen molar-refractivity contribution in [2.45, 2.75) is 0 Å². The maximum absolute atomic E-state index is 6.11. The van der Waals surface area contributed by atoms with Crippen LogP contribution in [0.25, 0.3) is 0 Å². The van der Waals surface area contributed by atoms with Crippen LogP contribution in [0.1, 0.15) is 5.56 Å². The number of nitrogens with two attached hydrogens (primary N) is 1. The van der Waals surface area contributed by atoms with E-state index < -0.39 is 0 Å². The summed E-state index contributed by atoms with van der Waals surface area (Å²) < 4.78 is 1.19. The molecule has 0 bridgehead atoms. The summed E-state index contributed by atoms with van der Waals surface area (Å²) in [7, 11) is 0. The zero-order valence-electron chi connectivity index (χ0n) is 9.28. The molecule has 0 spiro atoms. The predicted molar refractivity (Wildman–Crippen MR) is 89.8 cm³/mol. The molecule has 0 saturated heterocycles. The SMILES string of the molecule is NC(=S)c1ccc(Nc2ccc(I)cc2)cc1Cl. The lowest BCUT2D eigenvalue weighted by molar-refractivity contribution is 1.52. The molecule has 0 fully saturated rings. The summed E-state index contributed by atoms with van der Waals surface area (Å²) in [6.07, 6.45) is 0. The number of halogens is 2. The molecule has 2 aromatic carbocycles. The summed E-state index contributed by atoms with van der Waals surface area (Å²) in [5.74, 6) is 0. The van der Waals surface area contributed by atoms with Crippen molar-refractivity contribution in [2.24, 2.45) is 5.73 Å². The Labute approximate surface area is 130 Å². The fourth-order valence-corrected chi connectivity index (χ4v) is 2.37.